The van der Waals surface area contributed by atoms with E-state index in [9.17, 15) is 0 Å². The van der Waals surface area contributed by atoms with E-state index < -0.39 is 0 Å². The van der Waals surface area contributed by atoms with E-state index in [4.69, 9.17) is 0 Å². The van der Waals surface area contributed by atoms with Crippen LogP contribution in [0.15, 0.2) is 35.5 Å². The van der Waals surface area contributed by atoms with Gasteiger partial charge in [-0.25, -0.2) is 9.98 Å². The lowest BCUT2D eigenvalue weighted by Crippen LogP contribution is -2.38. The number of nitrogens with one attached hydrogen (secondary N) is 2. The van der Waals surface area contributed by atoms with E-state index in [0.29, 0.717) is 6.54 Å². The van der Waals surface area contributed by atoms with Crippen molar-refractivity contribution in [3.63, 3.8) is 0 Å². The predicted molar refractivity (Wildman–Crippen MR) is 99.2 cm³/mol. The van der Waals surface area contributed by atoms with Crippen LogP contribution in [0.25, 0.3) is 0 Å². The van der Waals surface area contributed by atoms with Crippen LogP contribution in [0.3, 0.4) is 0 Å². The number of aryl methyl sites for hydroxylation is 2. The summed E-state index contributed by atoms with van der Waals surface area (Å²) in [5.41, 5.74) is 2.50. The van der Waals surface area contributed by atoms with E-state index in [1.54, 1.807) is 11.3 Å². The zero-order valence-corrected chi connectivity index (χ0v) is 15.0. The van der Waals surface area contributed by atoms with Gasteiger partial charge in [0.15, 0.2) is 5.96 Å². The quantitative estimate of drug-likeness (QED) is 0.605. The molecule has 0 fully saturated rings. The Balaban J connectivity index is 1.86. The Hall–Kier alpha value is -1.88. The van der Waals surface area contributed by atoms with E-state index in [0.717, 1.165) is 31.9 Å². The molecule has 0 bridgehead atoms. The lowest BCUT2D eigenvalue weighted by Gasteiger charge is -2.10. The molecule has 0 aliphatic rings. The highest BCUT2D eigenvalue weighted by Gasteiger charge is 2.02. The Labute approximate surface area is 143 Å². The number of nitrogens with zero attached hydrogens (tertiary/aromatic N) is 2. The van der Waals surface area contributed by atoms with Gasteiger partial charge >= 0.3 is 0 Å². The van der Waals surface area contributed by atoms with Gasteiger partial charge in [-0.2, -0.15) is 0 Å². The van der Waals surface area contributed by atoms with E-state index in [1.807, 2.05) is 6.20 Å². The van der Waals surface area contributed by atoms with Gasteiger partial charge in [0.25, 0.3) is 0 Å². The van der Waals surface area contributed by atoms with Crippen LogP contribution in [0.4, 0.5) is 0 Å². The zero-order valence-electron chi connectivity index (χ0n) is 14.2. The SMILES string of the molecule is CCNC(=NCc1cccc(C)c1)NCCc1ncc(CC)s1. The molecular formula is C18H26N4S. The molecule has 5 heteroatoms. The van der Waals surface area contributed by atoms with Gasteiger partial charge in [0, 0.05) is 30.6 Å². The van der Waals surface area contributed by atoms with Crippen molar-refractivity contribution in [1.82, 2.24) is 15.6 Å². The summed E-state index contributed by atoms with van der Waals surface area (Å²) in [5, 5.41) is 7.86. The van der Waals surface area contributed by atoms with Gasteiger partial charge in [-0.05, 0) is 25.8 Å². The highest BCUT2D eigenvalue weighted by molar-refractivity contribution is 7.11. The van der Waals surface area contributed by atoms with Crippen LogP contribution < -0.4 is 10.6 Å². The van der Waals surface area contributed by atoms with E-state index in [2.05, 4.69) is 65.6 Å². The van der Waals surface area contributed by atoms with Crippen molar-refractivity contribution in [3.05, 3.63) is 51.5 Å². The summed E-state index contributed by atoms with van der Waals surface area (Å²) in [6, 6.07) is 8.47. The standard InChI is InChI=1S/C18H26N4S/c1-4-16-13-21-17(23-16)9-10-20-18(19-5-2)22-12-15-8-6-7-14(3)11-15/h6-8,11,13H,4-5,9-10,12H2,1-3H3,(H2,19,20,22). The molecule has 1 heterocycles. The molecule has 0 aliphatic carbocycles. The number of thiazole rings is 1. The van der Waals surface area contributed by atoms with Gasteiger partial charge < -0.3 is 10.6 Å². The van der Waals surface area contributed by atoms with Gasteiger partial charge in [-0.1, -0.05) is 36.8 Å². The third kappa shape index (κ3) is 6.02. The number of benzene rings is 1. The van der Waals surface area contributed by atoms with Gasteiger partial charge in [0.05, 0.1) is 11.6 Å². The minimum absolute atomic E-state index is 0.689. The summed E-state index contributed by atoms with van der Waals surface area (Å²) in [6.07, 6.45) is 3.97. The normalized spacial score (nSPS) is 11.5. The molecular weight excluding hydrogens is 304 g/mol. The van der Waals surface area contributed by atoms with Crippen molar-refractivity contribution in [2.24, 2.45) is 4.99 Å². The predicted octanol–water partition coefficient (Wildman–Crippen LogP) is 3.31. The van der Waals surface area contributed by atoms with Crippen molar-refractivity contribution in [1.29, 1.82) is 0 Å². The van der Waals surface area contributed by atoms with Gasteiger partial charge in [0.1, 0.15) is 0 Å². The molecule has 0 atom stereocenters. The van der Waals surface area contributed by atoms with E-state index >= 15 is 0 Å². The highest BCUT2D eigenvalue weighted by atomic mass is 32.1. The molecule has 2 aromatic rings. The summed E-state index contributed by atoms with van der Waals surface area (Å²) in [5.74, 6) is 0.862. The smallest absolute Gasteiger partial charge is 0.191 e. The molecule has 1 aromatic carbocycles. The molecule has 4 nitrogen and oxygen atoms in total. The minimum atomic E-state index is 0.689. The van der Waals surface area contributed by atoms with Gasteiger partial charge in [-0.15, -0.1) is 11.3 Å². The molecule has 0 saturated carbocycles. The van der Waals surface area contributed by atoms with Crippen LogP contribution in [0, 0.1) is 6.92 Å². The van der Waals surface area contributed by atoms with Crippen molar-refractivity contribution in [2.45, 2.75) is 40.2 Å². The first-order valence-electron chi connectivity index (χ1n) is 8.22. The molecule has 0 spiro atoms. The van der Waals surface area contributed by atoms with Crippen LogP contribution in [-0.2, 0) is 19.4 Å². The first-order valence-corrected chi connectivity index (χ1v) is 9.04. The maximum absolute atomic E-state index is 4.65. The molecule has 1 aromatic heterocycles. The van der Waals surface area contributed by atoms with E-state index in [1.165, 1.54) is 21.0 Å². The molecule has 2 rings (SSSR count). The van der Waals surface area contributed by atoms with Crippen LogP contribution in [-0.4, -0.2) is 24.0 Å². The number of aromatic nitrogens is 1. The Kier molecular flexibility index (Phi) is 7.07. The monoisotopic (exact) mass is 330 g/mol. The molecule has 124 valence electrons. The van der Waals surface area contributed by atoms with Crippen LogP contribution in [0.5, 0.6) is 0 Å². The Bertz CT molecular complexity index is 633. The first-order chi connectivity index (χ1) is 11.2. The average molecular weight is 331 g/mol. The fourth-order valence-electron chi connectivity index (χ4n) is 2.24. The van der Waals surface area contributed by atoms with Crippen molar-refractivity contribution in [3.8, 4) is 0 Å². The summed E-state index contributed by atoms with van der Waals surface area (Å²) in [7, 11) is 0. The average Bonchev–Trinajstić information content (AvgIpc) is 3.01. The molecule has 0 saturated heterocycles. The van der Waals surface area contributed by atoms with Crippen LogP contribution in [0.2, 0.25) is 0 Å². The number of rotatable bonds is 7. The lowest BCUT2D eigenvalue weighted by atomic mass is 10.1. The number of aliphatic imine (C=N–C) groups is 1. The largest absolute Gasteiger partial charge is 0.357 e. The fraction of sp³-hybridized carbons (Fsp3) is 0.444. The topological polar surface area (TPSA) is 49.3 Å². The summed E-state index contributed by atoms with van der Waals surface area (Å²) >= 11 is 1.80. The maximum atomic E-state index is 4.65. The first kappa shape index (κ1) is 17.5. The lowest BCUT2D eigenvalue weighted by molar-refractivity contribution is 0.796. The third-order valence-electron chi connectivity index (χ3n) is 3.43. The summed E-state index contributed by atoms with van der Waals surface area (Å²) < 4.78 is 0. The fourth-order valence-corrected chi connectivity index (χ4v) is 3.10. The molecule has 2 N–H and O–H groups in total. The number of guanidine groups is 1. The highest BCUT2D eigenvalue weighted by Crippen LogP contribution is 2.13. The molecule has 23 heavy (non-hydrogen) atoms. The van der Waals surface area contributed by atoms with Gasteiger partial charge in [0.2, 0.25) is 0 Å². The number of hydrogen-bond acceptors (Lipinski definition) is 3. The number of hydrogen-bond donors (Lipinski definition) is 2. The molecule has 0 unspecified atom stereocenters. The Morgan fingerprint density at radius 2 is 2.13 bits per heavy atom. The molecule has 0 radical (unpaired) electrons. The third-order valence-corrected chi connectivity index (χ3v) is 4.63. The Morgan fingerprint density at radius 3 is 2.83 bits per heavy atom. The van der Waals surface area contributed by atoms with Crippen LogP contribution in [0.1, 0.15) is 34.9 Å². The maximum Gasteiger partial charge on any atom is 0.191 e. The molecule has 0 aliphatic heterocycles. The summed E-state index contributed by atoms with van der Waals surface area (Å²) in [6.45, 7) is 8.74. The second kappa shape index (κ2) is 9.30. The van der Waals surface area contributed by atoms with Crippen molar-refractivity contribution in [2.75, 3.05) is 13.1 Å². The second-order valence-corrected chi connectivity index (χ2v) is 6.63. The van der Waals surface area contributed by atoms with Crippen molar-refractivity contribution >= 4 is 17.3 Å². The van der Waals surface area contributed by atoms with Gasteiger partial charge in [-0.3, -0.25) is 0 Å². The second-order valence-electron chi connectivity index (χ2n) is 5.43. The van der Waals surface area contributed by atoms with E-state index in [-0.39, 0.29) is 0 Å². The Morgan fingerprint density at radius 1 is 1.26 bits per heavy atom. The zero-order chi connectivity index (χ0) is 16.5. The molecule has 0 amide bonds. The minimum Gasteiger partial charge on any atom is -0.357 e. The van der Waals surface area contributed by atoms with Crippen molar-refractivity contribution < 1.29 is 0 Å². The van der Waals surface area contributed by atoms with Crippen LogP contribution >= 0.6 is 11.3 Å². The summed E-state index contributed by atoms with van der Waals surface area (Å²) in [4.78, 5) is 10.5.